The number of aliphatic imine (C=N–C) groups is 1. The average Bonchev–Trinajstić information content (AvgIpc) is 2.98. The number of nitrogens with zero attached hydrogens (tertiary/aromatic N) is 1. The minimum Gasteiger partial charge on any atom is -0.491 e. The summed E-state index contributed by atoms with van der Waals surface area (Å²) in [6, 6.07) is 15.3. The van der Waals surface area contributed by atoms with Crippen LogP contribution in [0.5, 0.6) is 5.75 Å². The van der Waals surface area contributed by atoms with Gasteiger partial charge < -0.3 is 9.47 Å². The van der Waals surface area contributed by atoms with Gasteiger partial charge in [-0.15, -0.1) is 0 Å². The highest BCUT2D eigenvalue weighted by molar-refractivity contribution is 14.1. The van der Waals surface area contributed by atoms with E-state index in [9.17, 15) is 4.79 Å². The van der Waals surface area contributed by atoms with Crippen LogP contribution in [-0.2, 0) is 9.53 Å². The van der Waals surface area contributed by atoms with Crippen LogP contribution < -0.4 is 4.74 Å². The second-order valence-corrected chi connectivity index (χ2v) is 6.99. The van der Waals surface area contributed by atoms with Gasteiger partial charge in [0.1, 0.15) is 5.75 Å². The molecule has 1 aliphatic rings. The Hall–Kier alpha value is -2.15. The number of esters is 1. The first kappa shape index (κ1) is 17.7. The molecule has 1 heterocycles. The highest BCUT2D eigenvalue weighted by Crippen LogP contribution is 2.21. The quantitative estimate of drug-likeness (QED) is 0.376. The highest BCUT2D eigenvalue weighted by Gasteiger charge is 2.24. The second-order valence-electron chi connectivity index (χ2n) is 5.75. The van der Waals surface area contributed by atoms with Crippen molar-refractivity contribution in [3.63, 3.8) is 0 Å². The maximum atomic E-state index is 12.0. The Morgan fingerprint density at radius 2 is 1.84 bits per heavy atom. The summed E-state index contributed by atoms with van der Waals surface area (Å²) in [5, 5.41) is 0. The van der Waals surface area contributed by atoms with Crippen molar-refractivity contribution < 1.29 is 14.3 Å². The van der Waals surface area contributed by atoms with Gasteiger partial charge in [0.2, 0.25) is 5.90 Å². The van der Waals surface area contributed by atoms with Crippen LogP contribution in [0.25, 0.3) is 6.08 Å². The van der Waals surface area contributed by atoms with Crippen LogP contribution >= 0.6 is 22.6 Å². The molecule has 2 aromatic rings. The van der Waals surface area contributed by atoms with Crippen molar-refractivity contribution in [2.75, 3.05) is 0 Å². The third-order valence-corrected chi connectivity index (χ3v) is 4.53. The van der Waals surface area contributed by atoms with E-state index in [2.05, 4.69) is 34.5 Å². The van der Waals surface area contributed by atoms with Crippen LogP contribution in [0.15, 0.2) is 59.2 Å². The molecule has 5 heteroatoms. The number of ether oxygens (including phenoxy) is 2. The molecule has 3 rings (SSSR count). The third kappa shape index (κ3) is 4.48. The van der Waals surface area contributed by atoms with E-state index in [4.69, 9.17) is 9.47 Å². The van der Waals surface area contributed by atoms with Gasteiger partial charge in [-0.3, -0.25) is 0 Å². The fraction of sp³-hybridized carbons (Fsp3) is 0.200. The summed E-state index contributed by atoms with van der Waals surface area (Å²) >= 11 is 2.23. The minimum absolute atomic E-state index is 0.176. The molecule has 0 N–H and O–H groups in total. The van der Waals surface area contributed by atoms with E-state index < -0.39 is 5.97 Å². The molecule has 0 spiro atoms. The monoisotopic (exact) mass is 447 g/mol. The van der Waals surface area contributed by atoms with E-state index in [0.717, 1.165) is 26.9 Å². The first-order valence-electron chi connectivity index (χ1n) is 8.10. The van der Waals surface area contributed by atoms with Gasteiger partial charge in [-0.1, -0.05) is 19.1 Å². The summed E-state index contributed by atoms with van der Waals surface area (Å²) < 4.78 is 12.1. The molecule has 0 amide bonds. The number of halogens is 1. The Morgan fingerprint density at radius 3 is 2.48 bits per heavy atom. The Labute approximate surface area is 160 Å². The standard InChI is InChI=1S/C20H18INO3/c1-3-13(2)24-17-10-4-14(5-11-17)12-18-20(23)25-19(22-18)15-6-8-16(21)9-7-15/h4-13H,3H2,1-2H3/b18-12-. The second kappa shape index (κ2) is 7.82. The molecule has 0 bridgehead atoms. The average molecular weight is 447 g/mol. The molecular formula is C20H18INO3. The van der Waals surface area contributed by atoms with Crippen LogP contribution in [0.4, 0.5) is 0 Å². The smallest absolute Gasteiger partial charge is 0.363 e. The lowest BCUT2D eigenvalue weighted by atomic mass is 10.2. The maximum absolute atomic E-state index is 12.0. The van der Waals surface area contributed by atoms with Gasteiger partial charge in [0.05, 0.1) is 6.10 Å². The lowest BCUT2D eigenvalue weighted by Gasteiger charge is -2.12. The number of cyclic esters (lactones) is 1. The van der Waals surface area contributed by atoms with Gasteiger partial charge in [0.25, 0.3) is 0 Å². The summed E-state index contributed by atoms with van der Waals surface area (Å²) in [7, 11) is 0. The van der Waals surface area contributed by atoms with Gasteiger partial charge in [-0.2, -0.15) is 0 Å². The molecule has 2 aromatic carbocycles. The van der Waals surface area contributed by atoms with Crippen LogP contribution in [0.3, 0.4) is 0 Å². The van der Waals surface area contributed by atoms with E-state index >= 15 is 0 Å². The molecule has 0 radical (unpaired) electrons. The zero-order valence-corrected chi connectivity index (χ0v) is 16.2. The highest BCUT2D eigenvalue weighted by atomic mass is 127. The molecular weight excluding hydrogens is 429 g/mol. The molecule has 0 saturated carbocycles. The van der Waals surface area contributed by atoms with Crippen LogP contribution in [0, 0.1) is 3.57 Å². The molecule has 1 unspecified atom stereocenters. The Kier molecular flexibility index (Phi) is 5.53. The first-order chi connectivity index (χ1) is 12.0. The van der Waals surface area contributed by atoms with Gasteiger partial charge in [-0.05, 0) is 84.0 Å². The number of carbonyl (C=O) groups is 1. The molecule has 0 aliphatic carbocycles. The summed E-state index contributed by atoms with van der Waals surface area (Å²) in [6.45, 7) is 4.11. The zero-order valence-electron chi connectivity index (χ0n) is 14.0. The Bertz CT molecular complexity index is 823. The summed E-state index contributed by atoms with van der Waals surface area (Å²) in [5.74, 6) is 0.714. The van der Waals surface area contributed by atoms with Crippen molar-refractivity contribution in [3.05, 3.63) is 68.9 Å². The van der Waals surface area contributed by atoms with E-state index in [-0.39, 0.29) is 6.10 Å². The fourth-order valence-electron chi connectivity index (χ4n) is 2.24. The van der Waals surface area contributed by atoms with Crippen LogP contribution in [0.2, 0.25) is 0 Å². The van der Waals surface area contributed by atoms with Gasteiger partial charge >= 0.3 is 5.97 Å². The van der Waals surface area contributed by atoms with E-state index in [1.165, 1.54) is 0 Å². The summed E-state index contributed by atoms with van der Waals surface area (Å²) in [4.78, 5) is 16.4. The lowest BCUT2D eigenvalue weighted by molar-refractivity contribution is -0.129. The van der Waals surface area contributed by atoms with E-state index in [0.29, 0.717) is 11.6 Å². The first-order valence-corrected chi connectivity index (χ1v) is 9.18. The lowest BCUT2D eigenvalue weighted by Crippen LogP contribution is -2.09. The molecule has 1 aliphatic heterocycles. The van der Waals surface area contributed by atoms with Gasteiger partial charge in [-0.25, -0.2) is 9.79 Å². The predicted molar refractivity (Wildman–Crippen MR) is 107 cm³/mol. The number of hydrogen-bond donors (Lipinski definition) is 0. The van der Waals surface area contributed by atoms with Crippen molar-refractivity contribution in [1.29, 1.82) is 0 Å². The molecule has 1 atom stereocenters. The largest absolute Gasteiger partial charge is 0.491 e. The Balaban J connectivity index is 1.78. The van der Waals surface area contributed by atoms with Crippen molar-refractivity contribution >= 4 is 40.5 Å². The molecule has 0 saturated heterocycles. The Morgan fingerprint density at radius 1 is 1.16 bits per heavy atom. The van der Waals surface area contributed by atoms with Crippen molar-refractivity contribution in [2.45, 2.75) is 26.4 Å². The number of benzene rings is 2. The summed E-state index contributed by atoms with van der Waals surface area (Å²) in [5.41, 5.74) is 1.95. The van der Waals surface area contributed by atoms with Crippen LogP contribution in [0.1, 0.15) is 31.4 Å². The van der Waals surface area contributed by atoms with E-state index in [1.807, 2.05) is 55.5 Å². The van der Waals surface area contributed by atoms with Crippen molar-refractivity contribution in [1.82, 2.24) is 0 Å². The summed E-state index contributed by atoms with van der Waals surface area (Å²) in [6.07, 6.45) is 2.85. The van der Waals surface area contributed by atoms with Gasteiger partial charge in [0, 0.05) is 9.13 Å². The minimum atomic E-state index is -0.437. The zero-order chi connectivity index (χ0) is 17.8. The van der Waals surface area contributed by atoms with Crippen LogP contribution in [-0.4, -0.2) is 18.0 Å². The SMILES string of the molecule is CCC(C)Oc1ccc(/C=C2\N=C(c3ccc(I)cc3)OC2=O)cc1. The molecule has 0 aromatic heterocycles. The number of carbonyl (C=O) groups excluding carboxylic acids is 1. The molecule has 4 nitrogen and oxygen atoms in total. The van der Waals surface area contributed by atoms with Crippen molar-refractivity contribution in [2.24, 2.45) is 4.99 Å². The number of rotatable bonds is 5. The fourth-order valence-corrected chi connectivity index (χ4v) is 2.60. The molecule has 0 fully saturated rings. The topological polar surface area (TPSA) is 47.9 Å². The van der Waals surface area contributed by atoms with Crippen molar-refractivity contribution in [3.8, 4) is 5.75 Å². The molecule has 128 valence electrons. The van der Waals surface area contributed by atoms with E-state index in [1.54, 1.807) is 6.08 Å². The number of hydrogen-bond acceptors (Lipinski definition) is 4. The normalized spacial score (nSPS) is 16.5. The predicted octanol–water partition coefficient (Wildman–Crippen LogP) is 4.81. The molecule has 25 heavy (non-hydrogen) atoms. The third-order valence-electron chi connectivity index (χ3n) is 3.81. The maximum Gasteiger partial charge on any atom is 0.363 e. The van der Waals surface area contributed by atoms with Gasteiger partial charge in [0.15, 0.2) is 5.70 Å².